The summed E-state index contributed by atoms with van der Waals surface area (Å²) < 4.78 is 1.35. The molecule has 4 aromatic carbocycles. The number of benzene rings is 4. The summed E-state index contributed by atoms with van der Waals surface area (Å²) in [6.07, 6.45) is 1.87. The Morgan fingerprint density at radius 3 is 2.03 bits per heavy atom. The predicted octanol–water partition coefficient (Wildman–Crippen LogP) is 8.31. The number of pyridine rings is 1. The topological polar surface area (TPSA) is 12.9 Å². The Balaban J connectivity index is 1.56. The fourth-order valence-electron chi connectivity index (χ4n) is 6.29. The van der Waals surface area contributed by atoms with Gasteiger partial charge in [-0.3, -0.25) is 4.98 Å². The van der Waals surface area contributed by atoms with Gasteiger partial charge >= 0.3 is 0 Å². The highest BCUT2D eigenvalue weighted by molar-refractivity contribution is 7.22. The number of nitrogens with zero attached hydrogens (tertiary/aromatic N) is 1. The first-order chi connectivity index (χ1) is 16.9. The van der Waals surface area contributed by atoms with Crippen LogP contribution in [-0.2, 0) is 5.41 Å². The first-order valence-corrected chi connectivity index (χ1v) is 12.5. The molecule has 0 aliphatic heterocycles. The summed E-state index contributed by atoms with van der Waals surface area (Å²) in [6, 6.07) is 40.0. The largest absolute Gasteiger partial charge is 0.256 e. The number of thiophene rings is 1. The van der Waals surface area contributed by atoms with E-state index in [4.69, 9.17) is 0 Å². The summed E-state index contributed by atoms with van der Waals surface area (Å²) in [4.78, 5) is 6.03. The maximum absolute atomic E-state index is 4.64. The van der Waals surface area contributed by atoms with E-state index in [-0.39, 0.29) is 5.41 Å². The number of aromatic nitrogens is 1. The van der Waals surface area contributed by atoms with Crippen molar-refractivity contribution in [3.63, 3.8) is 0 Å². The third-order valence-electron chi connectivity index (χ3n) is 7.55. The second-order valence-electron chi connectivity index (χ2n) is 9.12. The lowest BCUT2D eigenvalue weighted by molar-refractivity contribution is 0.803. The molecule has 0 amide bonds. The second kappa shape index (κ2) is 6.53. The quantitative estimate of drug-likeness (QED) is 0.246. The molecule has 0 unspecified atom stereocenters. The first kappa shape index (κ1) is 18.4. The fraction of sp³-hybridized carbons (Fsp3) is 0.0312. The minimum Gasteiger partial charge on any atom is -0.256 e. The molecule has 0 fully saturated rings. The highest BCUT2D eigenvalue weighted by atomic mass is 32.1. The SMILES string of the molecule is c1ccc(-c2ccc3c(c2)-c2sc4ccccc4c2C32c3ccccc3-c3ccccc32)nc1. The zero-order valence-corrected chi connectivity index (χ0v) is 19.1. The van der Waals surface area contributed by atoms with Crippen LogP contribution >= 0.6 is 11.3 Å². The average Bonchev–Trinajstić information content (AvgIpc) is 3.52. The van der Waals surface area contributed by atoms with Gasteiger partial charge in [0.05, 0.1) is 11.1 Å². The summed E-state index contributed by atoms with van der Waals surface area (Å²) in [7, 11) is 0. The normalized spacial score (nSPS) is 14.1. The van der Waals surface area contributed by atoms with E-state index >= 15 is 0 Å². The van der Waals surface area contributed by atoms with Crippen LogP contribution in [-0.4, -0.2) is 4.98 Å². The van der Waals surface area contributed by atoms with Crippen LogP contribution in [0.15, 0.2) is 115 Å². The van der Waals surface area contributed by atoms with Crippen molar-refractivity contribution >= 4 is 21.4 Å². The first-order valence-electron chi connectivity index (χ1n) is 11.6. The summed E-state index contributed by atoms with van der Waals surface area (Å²) in [5, 5.41) is 1.37. The van der Waals surface area contributed by atoms with E-state index < -0.39 is 0 Å². The van der Waals surface area contributed by atoms with Gasteiger partial charge in [-0.15, -0.1) is 11.3 Å². The van der Waals surface area contributed by atoms with Crippen LogP contribution in [0.2, 0.25) is 0 Å². The molecule has 2 heterocycles. The molecule has 0 N–H and O–H groups in total. The van der Waals surface area contributed by atoms with Gasteiger partial charge in [0.15, 0.2) is 0 Å². The minimum absolute atomic E-state index is 0.292. The maximum atomic E-state index is 4.64. The minimum atomic E-state index is -0.292. The van der Waals surface area contributed by atoms with Crippen molar-refractivity contribution < 1.29 is 0 Å². The molecule has 34 heavy (non-hydrogen) atoms. The molecule has 0 radical (unpaired) electrons. The molecule has 2 heteroatoms. The van der Waals surface area contributed by atoms with Crippen LogP contribution in [0.25, 0.3) is 42.9 Å². The number of hydrogen-bond donors (Lipinski definition) is 0. The lowest BCUT2D eigenvalue weighted by Gasteiger charge is -2.30. The van der Waals surface area contributed by atoms with Gasteiger partial charge in [0.25, 0.3) is 0 Å². The zero-order chi connectivity index (χ0) is 22.3. The van der Waals surface area contributed by atoms with E-state index in [1.165, 1.54) is 59.5 Å². The standard InChI is InChI=1S/C32H19NS/c1-4-12-25-21(9-1)22-10-2-5-13-26(22)32(25)27-17-16-20(28-14-7-8-18-33-28)19-24(27)31-30(32)23-11-3-6-15-29(23)34-31/h1-19H. The van der Waals surface area contributed by atoms with Crippen molar-refractivity contribution in [2.75, 3.05) is 0 Å². The molecule has 0 saturated heterocycles. The fourth-order valence-corrected chi connectivity index (χ4v) is 7.58. The third kappa shape index (κ3) is 2.12. The van der Waals surface area contributed by atoms with Gasteiger partial charge in [0.1, 0.15) is 0 Å². The smallest absolute Gasteiger partial charge is 0.0740 e. The molecular weight excluding hydrogens is 430 g/mol. The van der Waals surface area contributed by atoms with E-state index in [2.05, 4.69) is 108 Å². The van der Waals surface area contributed by atoms with Gasteiger partial charge in [0.2, 0.25) is 0 Å². The summed E-state index contributed by atoms with van der Waals surface area (Å²) >= 11 is 1.92. The van der Waals surface area contributed by atoms with Crippen molar-refractivity contribution in [1.82, 2.24) is 4.98 Å². The van der Waals surface area contributed by atoms with Gasteiger partial charge in [-0.25, -0.2) is 0 Å². The number of fused-ring (bicyclic) bond motifs is 12. The van der Waals surface area contributed by atoms with Crippen LogP contribution < -0.4 is 0 Å². The maximum Gasteiger partial charge on any atom is 0.0740 e. The second-order valence-corrected chi connectivity index (χ2v) is 10.2. The van der Waals surface area contributed by atoms with Gasteiger partial charge < -0.3 is 0 Å². The summed E-state index contributed by atoms with van der Waals surface area (Å²) in [5.74, 6) is 0. The van der Waals surface area contributed by atoms with Crippen molar-refractivity contribution in [2.24, 2.45) is 0 Å². The Kier molecular flexibility index (Phi) is 3.54. The van der Waals surface area contributed by atoms with Crippen molar-refractivity contribution in [3.05, 3.63) is 138 Å². The van der Waals surface area contributed by atoms with Crippen molar-refractivity contribution in [2.45, 2.75) is 5.41 Å². The lowest BCUT2D eigenvalue weighted by Crippen LogP contribution is -2.25. The van der Waals surface area contributed by atoms with Gasteiger partial charge in [0, 0.05) is 21.3 Å². The van der Waals surface area contributed by atoms with Gasteiger partial charge in [-0.1, -0.05) is 84.9 Å². The van der Waals surface area contributed by atoms with E-state index in [1.807, 2.05) is 23.6 Å². The number of rotatable bonds is 1. The molecule has 8 rings (SSSR count). The van der Waals surface area contributed by atoms with Crippen molar-refractivity contribution in [1.29, 1.82) is 0 Å². The Bertz CT molecular complexity index is 1710. The van der Waals surface area contributed by atoms with Gasteiger partial charge in [-0.2, -0.15) is 0 Å². The van der Waals surface area contributed by atoms with E-state index in [0.717, 1.165) is 5.69 Å². The van der Waals surface area contributed by atoms with Gasteiger partial charge in [-0.05, 0) is 68.6 Å². The molecule has 2 aliphatic carbocycles. The molecule has 1 spiro atoms. The van der Waals surface area contributed by atoms with Crippen LogP contribution in [0.5, 0.6) is 0 Å². The molecule has 0 bridgehead atoms. The molecule has 0 atom stereocenters. The summed E-state index contributed by atoms with van der Waals surface area (Å²) in [5.41, 5.74) is 11.5. The predicted molar refractivity (Wildman–Crippen MR) is 141 cm³/mol. The molecule has 0 saturated carbocycles. The van der Waals surface area contributed by atoms with E-state index in [9.17, 15) is 0 Å². The Morgan fingerprint density at radius 2 is 1.26 bits per heavy atom. The number of hydrogen-bond acceptors (Lipinski definition) is 2. The highest BCUT2D eigenvalue weighted by Gasteiger charge is 2.53. The molecule has 158 valence electrons. The van der Waals surface area contributed by atoms with Crippen LogP contribution in [0, 0.1) is 0 Å². The monoisotopic (exact) mass is 449 g/mol. The Labute approximate surface area is 202 Å². The highest BCUT2D eigenvalue weighted by Crippen LogP contribution is 2.66. The molecule has 6 aromatic rings. The molecule has 2 aliphatic rings. The van der Waals surface area contributed by atoms with Crippen LogP contribution in [0.4, 0.5) is 0 Å². The third-order valence-corrected chi connectivity index (χ3v) is 8.76. The average molecular weight is 450 g/mol. The van der Waals surface area contributed by atoms with Crippen LogP contribution in [0.1, 0.15) is 22.3 Å². The van der Waals surface area contributed by atoms with Crippen molar-refractivity contribution in [3.8, 4) is 32.8 Å². The molecule has 2 aromatic heterocycles. The molecule has 1 nitrogen and oxygen atoms in total. The van der Waals surface area contributed by atoms with Crippen LogP contribution in [0.3, 0.4) is 0 Å². The van der Waals surface area contributed by atoms with E-state index in [0.29, 0.717) is 0 Å². The zero-order valence-electron chi connectivity index (χ0n) is 18.3. The molecular formula is C32H19NS. The Hall–Kier alpha value is -4.01. The van der Waals surface area contributed by atoms with E-state index in [1.54, 1.807) is 0 Å². The summed E-state index contributed by atoms with van der Waals surface area (Å²) in [6.45, 7) is 0. The lowest BCUT2D eigenvalue weighted by atomic mass is 9.70. The Morgan fingerprint density at radius 1 is 0.588 bits per heavy atom.